The summed E-state index contributed by atoms with van der Waals surface area (Å²) in [6.45, 7) is 17.2. The summed E-state index contributed by atoms with van der Waals surface area (Å²) in [5.74, 6) is -0.145. The van der Waals surface area contributed by atoms with Gasteiger partial charge in [0, 0.05) is 30.8 Å². The van der Waals surface area contributed by atoms with Crippen LogP contribution in [0.2, 0.25) is 0 Å². The normalized spacial score (nSPS) is 38.0. The number of allylic oxidation sites excluding steroid dienone is 3. The van der Waals surface area contributed by atoms with Gasteiger partial charge in [-0.1, -0.05) is 75.7 Å². The number of hydrogen-bond donors (Lipinski definition) is 4. The van der Waals surface area contributed by atoms with Gasteiger partial charge in [0.1, 0.15) is 24.6 Å². The summed E-state index contributed by atoms with van der Waals surface area (Å²) in [6.07, 6.45) is 2.03. The summed E-state index contributed by atoms with van der Waals surface area (Å²) in [7, 11) is 3.60. The molecule has 2 fully saturated rings. The molecule has 1 aromatic carbocycles. The number of benzene rings is 1. The number of carbonyl (C=O) groups is 1. The molecule has 2 saturated heterocycles. The zero-order chi connectivity index (χ0) is 43.2. The van der Waals surface area contributed by atoms with Gasteiger partial charge in [-0.15, -0.1) is 0 Å². The van der Waals surface area contributed by atoms with Crippen molar-refractivity contribution in [3.63, 3.8) is 0 Å². The van der Waals surface area contributed by atoms with E-state index in [9.17, 15) is 25.2 Å². The molecular formula is C46H75N3O10. The first kappa shape index (κ1) is 48.8. The van der Waals surface area contributed by atoms with Gasteiger partial charge in [-0.2, -0.15) is 0 Å². The second-order valence-corrected chi connectivity index (χ2v) is 17.8. The number of esters is 1. The highest BCUT2D eigenvalue weighted by atomic mass is 16.7. The maximum absolute atomic E-state index is 13.5. The minimum atomic E-state index is -1.20. The lowest BCUT2D eigenvalue weighted by Gasteiger charge is -2.47. The molecule has 4 rings (SSSR count). The molecule has 0 aromatic heterocycles. The number of nitrogens with zero attached hydrogens (tertiary/aromatic N) is 3. The maximum atomic E-state index is 13.5. The Hall–Kier alpha value is -2.88. The lowest BCUT2D eigenvalue weighted by Crippen LogP contribution is -2.63. The Balaban J connectivity index is 1.75. The maximum Gasteiger partial charge on any atom is 0.308 e. The van der Waals surface area contributed by atoms with Crippen molar-refractivity contribution in [3.05, 3.63) is 54.1 Å². The van der Waals surface area contributed by atoms with Gasteiger partial charge in [0.2, 0.25) is 0 Å². The van der Waals surface area contributed by atoms with Gasteiger partial charge < -0.3 is 54.0 Å². The minimum Gasteiger partial charge on any atom is -0.490 e. The molecule has 0 spiro atoms. The van der Waals surface area contributed by atoms with Crippen LogP contribution in [0.5, 0.6) is 5.75 Å². The first-order valence-electron chi connectivity index (χ1n) is 21.9. The van der Waals surface area contributed by atoms with Crippen molar-refractivity contribution in [3.8, 4) is 5.75 Å². The number of rotatable bonds is 13. The van der Waals surface area contributed by atoms with E-state index in [1.807, 2.05) is 69.3 Å². The molecule has 3 heterocycles. The van der Waals surface area contributed by atoms with Crippen LogP contribution in [0.25, 0.3) is 0 Å². The molecule has 334 valence electrons. The van der Waals surface area contributed by atoms with E-state index in [-0.39, 0.29) is 31.5 Å². The number of likely N-dealkylation sites (N-methyl/N-ethyl adjacent to an activating group) is 1. The molecule has 59 heavy (non-hydrogen) atoms. The van der Waals surface area contributed by atoms with Crippen molar-refractivity contribution >= 4 is 11.7 Å². The molecule has 3 aliphatic rings. The number of ether oxygens (including phenoxy) is 4. The monoisotopic (exact) mass is 830 g/mol. The van der Waals surface area contributed by atoms with Gasteiger partial charge >= 0.3 is 5.97 Å². The average molecular weight is 830 g/mol. The SMILES string of the molecule is CC[C@H]1OC(=O)C[C@@H](O)C(C)[C@@H](O[C@H]2O[C@@H](C)[C@H](O)[C@@H](N(C)C)[C@@H]2O)[C@@H](CCN2CC(C)CC(C)C2)C[C@@H](C)C(=N/OCCOc2ccccc2)/C=C/C(C)=C/C1CO. The summed E-state index contributed by atoms with van der Waals surface area (Å²) >= 11 is 0. The Morgan fingerprint density at radius 2 is 1.64 bits per heavy atom. The molecule has 1 aromatic rings. The zero-order valence-electron chi connectivity index (χ0n) is 37.1. The van der Waals surface area contributed by atoms with Crippen LogP contribution in [0.15, 0.2) is 59.3 Å². The number of piperidine rings is 1. The highest BCUT2D eigenvalue weighted by molar-refractivity contribution is 5.96. The molecule has 3 aliphatic heterocycles. The van der Waals surface area contributed by atoms with Crippen LogP contribution < -0.4 is 4.74 Å². The van der Waals surface area contributed by atoms with Crippen LogP contribution in [-0.4, -0.2) is 144 Å². The quantitative estimate of drug-likeness (QED) is 0.119. The van der Waals surface area contributed by atoms with E-state index in [4.69, 9.17) is 23.8 Å². The molecule has 13 heteroatoms. The number of aliphatic hydroxyl groups is 4. The number of aliphatic hydroxyl groups excluding tert-OH is 4. The number of para-hydroxylation sites is 1. The standard InChI is InChI=1S/C46H75N3O10/c1-10-40-36(28-50)23-29(2)16-17-38(47-56-21-20-55-37-14-12-11-13-15-37)32(5)24-35(18-19-49-26-30(3)22-31(4)27-49)45(33(6)39(51)25-41(52)58-40)59-46-44(54)42(48(8)9)43(53)34(7)57-46/h11-17,23,30-36,39-40,42-46,50-51,53-54H,10,18-22,24-28H2,1-9H3/b17-16+,29-23+,47-38+/t30?,31?,32-,33?,34+,35+,36?,39-,40-,42-,43+,44+,45-,46-/m1/s1. The minimum absolute atomic E-state index is 0.170. The fourth-order valence-electron chi connectivity index (χ4n) is 9.14. The first-order chi connectivity index (χ1) is 28.1. The van der Waals surface area contributed by atoms with Crippen LogP contribution in [0.3, 0.4) is 0 Å². The Morgan fingerprint density at radius 1 is 0.949 bits per heavy atom. The first-order valence-corrected chi connectivity index (χ1v) is 21.9. The fourth-order valence-corrected chi connectivity index (χ4v) is 9.14. The molecule has 0 saturated carbocycles. The summed E-state index contributed by atoms with van der Waals surface area (Å²) in [5.41, 5.74) is 1.55. The van der Waals surface area contributed by atoms with Crippen LogP contribution in [-0.2, 0) is 23.8 Å². The molecule has 13 nitrogen and oxygen atoms in total. The van der Waals surface area contributed by atoms with Gasteiger partial charge in [-0.25, -0.2) is 0 Å². The number of likely N-dealkylation sites (tertiary alicyclic amines) is 1. The Labute approximate surface area is 353 Å². The third-order valence-electron chi connectivity index (χ3n) is 12.3. The van der Waals surface area contributed by atoms with Crippen LogP contribution in [0.4, 0.5) is 0 Å². The van der Waals surface area contributed by atoms with Crippen molar-refractivity contribution < 1.29 is 49.0 Å². The molecule has 0 radical (unpaired) electrons. The van der Waals surface area contributed by atoms with E-state index in [2.05, 4.69) is 30.8 Å². The molecule has 4 unspecified atom stereocenters. The summed E-state index contributed by atoms with van der Waals surface area (Å²) in [4.78, 5) is 23.7. The van der Waals surface area contributed by atoms with Crippen molar-refractivity contribution in [1.29, 1.82) is 0 Å². The third-order valence-corrected chi connectivity index (χ3v) is 12.3. The van der Waals surface area contributed by atoms with Crippen LogP contribution in [0, 0.1) is 35.5 Å². The average Bonchev–Trinajstić information content (AvgIpc) is 3.18. The lowest BCUT2D eigenvalue weighted by molar-refractivity contribution is -0.304. The van der Waals surface area contributed by atoms with Gasteiger partial charge in [0.25, 0.3) is 0 Å². The van der Waals surface area contributed by atoms with Gasteiger partial charge in [0.15, 0.2) is 12.9 Å². The highest BCUT2D eigenvalue weighted by Gasteiger charge is 2.47. The van der Waals surface area contributed by atoms with Crippen molar-refractivity contribution in [2.75, 3.05) is 53.6 Å². The van der Waals surface area contributed by atoms with E-state index >= 15 is 0 Å². The topological polar surface area (TPSA) is 163 Å². The predicted octanol–water partition coefficient (Wildman–Crippen LogP) is 5.06. The predicted molar refractivity (Wildman–Crippen MR) is 229 cm³/mol. The largest absolute Gasteiger partial charge is 0.490 e. The summed E-state index contributed by atoms with van der Waals surface area (Å²) < 4.78 is 24.9. The molecular weight excluding hydrogens is 755 g/mol. The second-order valence-electron chi connectivity index (χ2n) is 17.8. The van der Waals surface area contributed by atoms with Gasteiger partial charge in [0.05, 0.1) is 49.2 Å². The number of hydrogen-bond acceptors (Lipinski definition) is 13. The summed E-state index contributed by atoms with van der Waals surface area (Å²) in [6, 6.07) is 8.88. The smallest absolute Gasteiger partial charge is 0.308 e. The van der Waals surface area contributed by atoms with E-state index in [1.54, 1.807) is 25.9 Å². The molecule has 0 amide bonds. The number of cyclic esters (lactones) is 1. The lowest BCUT2D eigenvalue weighted by atomic mass is 9.79. The van der Waals surface area contributed by atoms with E-state index < -0.39 is 66.8 Å². The molecule has 14 atom stereocenters. The highest BCUT2D eigenvalue weighted by Crippen LogP contribution is 2.35. The van der Waals surface area contributed by atoms with Crippen LogP contribution in [0.1, 0.15) is 80.6 Å². The summed E-state index contributed by atoms with van der Waals surface area (Å²) in [5, 5.41) is 49.6. The van der Waals surface area contributed by atoms with Gasteiger partial charge in [-0.3, -0.25) is 4.79 Å². The Morgan fingerprint density at radius 3 is 2.29 bits per heavy atom. The second kappa shape index (κ2) is 23.9. The van der Waals surface area contributed by atoms with Crippen LogP contribution >= 0.6 is 0 Å². The van der Waals surface area contributed by atoms with E-state index in [1.165, 1.54) is 6.42 Å². The van der Waals surface area contributed by atoms with Gasteiger partial charge in [-0.05, 0) is 96.1 Å². The zero-order valence-corrected chi connectivity index (χ0v) is 37.1. The molecule has 0 aliphatic carbocycles. The van der Waals surface area contributed by atoms with E-state index in [0.29, 0.717) is 43.4 Å². The number of oxime groups is 1. The fraction of sp³-hybridized carbons (Fsp3) is 0.739. The Bertz CT molecular complexity index is 1480. The molecule has 4 N–H and O–H groups in total. The van der Waals surface area contributed by atoms with Crippen molar-refractivity contribution in [1.82, 2.24) is 9.80 Å². The van der Waals surface area contributed by atoms with E-state index in [0.717, 1.165) is 31.0 Å². The van der Waals surface area contributed by atoms with Crippen molar-refractivity contribution in [2.45, 2.75) is 130 Å². The van der Waals surface area contributed by atoms with Crippen molar-refractivity contribution in [2.24, 2.45) is 40.7 Å². The Kier molecular flexibility index (Phi) is 19.8. The number of carbonyl (C=O) groups excluding carboxylic acids is 1. The molecule has 0 bridgehead atoms. The third kappa shape index (κ3) is 14.6.